The molecule has 1 unspecified atom stereocenters. The van der Waals surface area contributed by atoms with Crippen LogP contribution in [0.4, 0.5) is 0 Å². The summed E-state index contributed by atoms with van der Waals surface area (Å²) in [7, 11) is 0. The number of hydrogen-bond donors (Lipinski definition) is 1. The zero-order valence-electron chi connectivity index (χ0n) is 10.1. The molecule has 0 aromatic heterocycles. The second-order valence-electron chi connectivity index (χ2n) is 4.25. The molecule has 3 heteroatoms. The Labute approximate surface area is 98.0 Å². The molecule has 0 aromatic carbocycles. The van der Waals surface area contributed by atoms with Crippen LogP contribution >= 0.6 is 0 Å². The Morgan fingerprint density at radius 2 is 2.31 bits per heavy atom. The van der Waals surface area contributed by atoms with Crippen molar-refractivity contribution in [3.8, 4) is 0 Å². The third kappa shape index (κ3) is 4.19. The maximum Gasteiger partial charge on any atom is 0.246 e. The first-order chi connectivity index (χ1) is 7.77. The average molecular weight is 222 g/mol. The topological polar surface area (TPSA) is 46.3 Å². The molecule has 0 radical (unpaired) electrons. The minimum absolute atomic E-state index is 0.125. The van der Waals surface area contributed by atoms with Crippen molar-refractivity contribution in [2.75, 3.05) is 19.6 Å². The highest BCUT2D eigenvalue weighted by atomic mass is 16.2. The summed E-state index contributed by atoms with van der Waals surface area (Å²) >= 11 is 0. The van der Waals surface area contributed by atoms with Gasteiger partial charge in [0.2, 0.25) is 5.91 Å². The van der Waals surface area contributed by atoms with Gasteiger partial charge < -0.3 is 10.6 Å². The molecule has 1 rings (SSSR count). The molecule has 1 fully saturated rings. The normalized spacial score (nSPS) is 22.1. The number of hydrogen-bond acceptors (Lipinski definition) is 2. The van der Waals surface area contributed by atoms with E-state index in [4.69, 9.17) is 5.73 Å². The number of nitrogens with two attached hydrogens (primary N) is 1. The monoisotopic (exact) mass is 222 g/mol. The molecule has 1 atom stereocenters. The van der Waals surface area contributed by atoms with Crippen molar-refractivity contribution in [2.24, 2.45) is 11.7 Å². The summed E-state index contributed by atoms with van der Waals surface area (Å²) in [6.45, 7) is 4.42. The first-order valence-electron chi connectivity index (χ1n) is 6.06. The fourth-order valence-electron chi connectivity index (χ4n) is 2.09. The molecule has 1 aliphatic heterocycles. The molecular formula is C13H22N2O. The minimum Gasteiger partial charge on any atom is -0.339 e. The van der Waals surface area contributed by atoms with Crippen molar-refractivity contribution in [3.05, 3.63) is 24.3 Å². The largest absolute Gasteiger partial charge is 0.339 e. The molecule has 0 bridgehead atoms. The van der Waals surface area contributed by atoms with E-state index in [-0.39, 0.29) is 5.91 Å². The smallest absolute Gasteiger partial charge is 0.246 e. The number of allylic oxidation sites excluding steroid dienone is 3. The highest BCUT2D eigenvalue weighted by Crippen LogP contribution is 2.19. The van der Waals surface area contributed by atoms with Gasteiger partial charge in [0.15, 0.2) is 0 Å². The molecule has 1 saturated heterocycles. The average Bonchev–Trinajstić information content (AvgIpc) is 2.30. The van der Waals surface area contributed by atoms with Crippen LogP contribution < -0.4 is 5.73 Å². The zero-order chi connectivity index (χ0) is 11.8. The van der Waals surface area contributed by atoms with Crippen LogP contribution in [0.15, 0.2) is 24.3 Å². The summed E-state index contributed by atoms with van der Waals surface area (Å²) in [4.78, 5) is 13.7. The molecule has 1 aliphatic rings. The first-order valence-corrected chi connectivity index (χ1v) is 6.06. The standard InChI is InChI=1S/C13H22N2O/c1-2-3-4-7-13(16)15-10-5-6-12(11-15)8-9-14/h2-4,7,12H,5-6,8-11,14H2,1H3. The van der Waals surface area contributed by atoms with Crippen molar-refractivity contribution in [1.29, 1.82) is 0 Å². The maximum atomic E-state index is 11.8. The molecule has 1 heterocycles. The SMILES string of the molecule is CC=CC=CC(=O)N1CCCC(CCN)C1. The maximum absolute atomic E-state index is 11.8. The van der Waals surface area contributed by atoms with Crippen LogP contribution in [0, 0.1) is 5.92 Å². The van der Waals surface area contributed by atoms with Gasteiger partial charge in [0, 0.05) is 19.2 Å². The number of nitrogens with zero attached hydrogens (tertiary/aromatic N) is 1. The van der Waals surface area contributed by atoms with Crippen molar-refractivity contribution in [2.45, 2.75) is 26.2 Å². The Hall–Kier alpha value is -1.09. The highest BCUT2D eigenvalue weighted by molar-refractivity contribution is 5.87. The lowest BCUT2D eigenvalue weighted by atomic mass is 9.95. The Morgan fingerprint density at radius 3 is 3.00 bits per heavy atom. The van der Waals surface area contributed by atoms with Crippen LogP contribution in [0.5, 0.6) is 0 Å². The van der Waals surface area contributed by atoms with E-state index in [1.54, 1.807) is 12.2 Å². The van der Waals surface area contributed by atoms with Crippen molar-refractivity contribution in [3.63, 3.8) is 0 Å². The summed E-state index contributed by atoms with van der Waals surface area (Å²) in [6.07, 6.45) is 10.6. The third-order valence-electron chi connectivity index (χ3n) is 2.95. The number of piperidine rings is 1. The van der Waals surface area contributed by atoms with Gasteiger partial charge in [-0.1, -0.05) is 18.2 Å². The van der Waals surface area contributed by atoms with Crippen molar-refractivity contribution in [1.82, 2.24) is 4.90 Å². The van der Waals surface area contributed by atoms with Crippen LogP contribution in [0.1, 0.15) is 26.2 Å². The molecule has 16 heavy (non-hydrogen) atoms. The first kappa shape index (κ1) is 13.0. The van der Waals surface area contributed by atoms with Gasteiger partial charge in [0.05, 0.1) is 0 Å². The second kappa shape index (κ2) is 7.23. The zero-order valence-corrected chi connectivity index (χ0v) is 10.1. The lowest BCUT2D eigenvalue weighted by Crippen LogP contribution is -2.39. The van der Waals surface area contributed by atoms with E-state index in [9.17, 15) is 4.79 Å². The Bertz CT molecular complexity index is 269. The van der Waals surface area contributed by atoms with Crippen molar-refractivity contribution < 1.29 is 4.79 Å². The van der Waals surface area contributed by atoms with E-state index in [0.29, 0.717) is 5.92 Å². The molecule has 90 valence electrons. The van der Waals surface area contributed by atoms with Crippen LogP contribution in [-0.4, -0.2) is 30.4 Å². The molecule has 0 saturated carbocycles. The fourth-order valence-corrected chi connectivity index (χ4v) is 2.09. The molecule has 0 spiro atoms. The quantitative estimate of drug-likeness (QED) is 0.581. The number of amides is 1. The van der Waals surface area contributed by atoms with E-state index in [2.05, 4.69) is 0 Å². The van der Waals surface area contributed by atoms with Gasteiger partial charge in [-0.05, 0) is 38.6 Å². The minimum atomic E-state index is 0.125. The Balaban J connectivity index is 2.43. The summed E-state index contributed by atoms with van der Waals surface area (Å²) < 4.78 is 0. The molecule has 3 nitrogen and oxygen atoms in total. The fraction of sp³-hybridized carbons (Fsp3) is 0.615. The summed E-state index contributed by atoms with van der Waals surface area (Å²) in [5.74, 6) is 0.720. The van der Waals surface area contributed by atoms with E-state index < -0.39 is 0 Å². The predicted octanol–water partition coefficient (Wildman–Crippen LogP) is 1.71. The summed E-state index contributed by atoms with van der Waals surface area (Å²) in [5.41, 5.74) is 5.55. The van der Waals surface area contributed by atoms with Gasteiger partial charge in [-0.15, -0.1) is 0 Å². The van der Waals surface area contributed by atoms with Crippen LogP contribution in [-0.2, 0) is 4.79 Å². The summed E-state index contributed by atoms with van der Waals surface area (Å²) in [6, 6.07) is 0. The van der Waals surface area contributed by atoms with Gasteiger partial charge in [0.1, 0.15) is 0 Å². The lowest BCUT2D eigenvalue weighted by Gasteiger charge is -2.31. The highest BCUT2D eigenvalue weighted by Gasteiger charge is 2.21. The van der Waals surface area contributed by atoms with Gasteiger partial charge in [-0.3, -0.25) is 4.79 Å². The molecule has 2 N–H and O–H groups in total. The predicted molar refractivity (Wildman–Crippen MR) is 66.9 cm³/mol. The molecule has 0 aromatic rings. The second-order valence-corrected chi connectivity index (χ2v) is 4.25. The van der Waals surface area contributed by atoms with Gasteiger partial charge in [-0.2, -0.15) is 0 Å². The van der Waals surface area contributed by atoms with Gasteiger partial charge in [0.25, 0.3) is 0 Å². The number of likely N-dealkylation sites (tertiary alicyclic amines) is 1. The van der Waals surface area contributed by atoms with E-state index >= 15 is 0 Å². The van der Waals surface area contributed by atoms with Crippen LogP contribution in [0.2, 0.25) is 0 Å². The van der Waals surface area contributed by atoms with Crippen LogP contribution in [0.3, 0.4) is 0 Å². The molecule has 1 amide bonds. The third-order valence-corrected chi connectivity index (χ3v) is 2.95. The van der Waals surface area contributed by atoms with Crippen molar-refractivity contribution >= 4 is 5.91 Å². The van der Waals surface area contributed by atoms with E-state index in [1.807, 2.05) is 24.0 Å². The van der Waals surface area contributed by atoms with E-state index in [0.717, 1.165) is 32.5 Å². The van der Waals surface area contributed by atoms with E-state index in [1.165, 1.54) is 6.42 Å². The number of carbonyl (C=O) groups is 1. The van der Waals surface area contributed by atoms with Gasteiger partial charge >= 0.3 is 0 Å². The Kier molecular flexibility index (Phi) is 5.86. The lowest BCUT2D eigenvalue weighted by molar-refractivity contribution is -0.127. The summed E-state index contributed by atoms with van der Waals surface area (Å²) in [5, 5.41) is 0. The molecule has 0 aliphatic carbocycles. The molecular weight excluding hydrogens is 200 g/mol. The van der Waals surface area contributed by atoms with Crippen LogP contribution in [0.25, 0.3) is 0 Å². The number of rotatable bonds is 4. The van der Waals surface area contributed by atoms with Gasteiger partial charge in [-0.25, -0.2) is 0 Å². The number of carbonyl (C=O) groups excluding carboxylic acids is 1. The Morgan fingerprint density at radius 1 is 1.50 bits per heavy atom.